The van der Waals surface area contributed by atoms with Crippen LogP contribution in [0, 0.1) is 12.8 Å². The van der Waals surface area contributed by atoms with Crippen LogP contribution in [-0.4, -0.2) is 87.5 Å². The summed E-state index contributed by atoms with van der Waals surface area (Å²) >= 11 is 0. The fourth-order valence-corrected chi connectivity index (χ4v) is 6.23. The van der Waals surface area contributed by atoms with Gasteiger partial charge in [-0.2, -0.15) is 4.98 Å². The summed E-state index contributed by atoms with van der Waals surface area (Å²) in [5.41, 5.74) is 6.90. The first kappa shape index (κ1) is 29.3. The fraction of sp³-hybridized carbons (Fsp3) is 0.438. The Morgan fingerprint density at radius 3 is 2.68 bits per heavy atom. The number of nitrogens with two attached hydrogens (primary N) is 1. The molecule has 3 aromatic rings. The second kappa shape index (κ2) is 11.7. The number of methoxy groups -OCH3 is 1. The Labute approximate surface area is 255 Å². The highest BCUT2D eigenvalue weighted by atomic mass is 16.5. The summed E-state index contributed by atoms with van der Waals surface area (Å²) in [6, 6.07) is 6.20. The fourth-order valence-electron chi connectivity index (χ4n) is 6.23. The first-order valence-electron chi connectivity index (χ1n) is 14.9. The molecule has 1 saturated carbocycles. The Balaban J connectivity index is 1.34. The molecule has 0 bridgehead atoms. The third-order valence-corrected chi connectivity index (χ3v) is 8.89. The number of hydrogen-bond acceptors (Lipinski definition) is 8. The van der Waals surface area contributed by atoms with Gasteiger partial charge >= 0.3 is 6.03 Å². The van der Waals surface area contributed by atoms with E-state index < -0.39 is 29.5 Å². The monoisotopic (exact) mass is 599 g/mol. The van der Waals surface area contributed by atoms with Gasteiger partial charge in [-0.05, 0) is 56.9 Å². The smallest absolute Gasteiger partial charge is 0.320 e. The van der Waals surface area contributed by atoms with Crippen molar-refractivity contribution >= 4 is 28.7 Å². The van der Waals surface area contributed by atoms with Crippen LogP contribution in [0.1, 0.15) is 37.7 Å². The number of benzene rings is 1. The Hall–Kier alpha value is -4.74. The van der Waals surface area contributed by atoms with Crippen LogP contribution in [0.3, 0.4) is 0 Å². The second-order valence-electron chi connectivity index (χ2n) is 11.8. The number of nitrogens with zero attached hydrogens (tertiary/aromatic N) is 5. The Kier molecular flexibility index (Phi) is 7.83. The molecule has 230 valence electrons. The molecular weight excluding hydrogens is 562 g/mol. The van der Waals surface area contributed by atoms with E-state index in [2.05, 4.69) is 10.3 Å². The largest absolute Gasteiger partial charge is 0.496 e. The lowest BCUT2D eigenvalue weighted by Gasteiger charge is -2.30. The molecule has 1 aliphatic carbocycles. The molecule has 4 unspecified atom stereocenters. The highest BCUT2D eigenvalue weighted by molar-refractivity contribution is 5.97. The molecule has 4 atom stereocenters. The molecule has 2 aliphatic heterocycles. The molecule has 44 heavy (non-hydrogen) atoms. The van der Waals surface area contributed by atoms with Gasteiger partial charge < -0.3 is 30.3 Å². The molecule has 1 aromatic carbocycles. The summed E-state index contributed by atoms with van der Waals surface area (Å²) < 4.78 is 12.1. The number of aryl methyl sites for hydroxylation is 1. The normalized spacial score (nSPS) is 25.6. The van der Waals surface area contributed by atoms with E-state index in [0.717, 1.165) is 30.4 Å². The number of primary amides is 1. The minimum atomic E-state index is -1.14. The molecular formula is C32H37N7O5. The molecule has 3 N–H and O–H groups in total. The predicted octanol–water partition coefficient (Wildman–Crippen LogP) is 2.98. The van der Waals surface area contributed by atoms with Gasteiger partial charge in [-0.25, -0.2) is 9.78 Å². The third-order valence-electron chi connectivity index (χ3n) is 8.89. The van der Waals surface area contributed by atoms with Crippen LogP contribution in [0.5, 0.6) is 11.6 Å². The van der Waals surface area contributed by atoms with Gasteiger partial charge in [-0.1, -0.05) is 12.2 Å². The quantitative estimate of drug-likeness (QED) is 0.425. The molecule has 12 nitrogen and oxygen atoms in total. The number of fused-ring (bicyclic) bond motifs is 3. The van der Waals surface area contributed by atoms with Gasteiger partial charge in [0.05, 0.1) is 24.6 Å². The van der Waals surface area contributed by atoms with Gasteiger partial charge in [0.25, 0.3) is 0 Å². The lowest BCUT2D eigenvalue weighted by molar-refractivity contribution is -0.130. The number of hydrogen-bond donors (Lipinski definition) is 2. The van der Waals surface area contributed by atoms with Crippen LogP contribution in [-0.2, 0) is 9.59 Å². The van der Waals surface area contributed by atoms with Crippen LogP contribution in [0.2, 0.25) is 0 Å². The Morgan fingerprint density at radius 2 is 1.93 bits per heavy atom. The molecule has 2 fully saturated rings. The molecule has 6 rings (SSSR count). The van der Waals surface area contributed by atoms with Gasteiger partial charge in [-0.15, -0.1) is 0 Å². The van der Waals surface area contributed by atoms with Gasteiger partial charge in [0, 0.05) is 49.5 Å². The van der Waals surface area contributed by atoms with E-state index in [-0.39, 0.29) is 24.9 Å². The first-order chi connectivity index (χ1) is 21.2. The number of rotatable bonds is 5. The number of nitrogens with one attached hydrogen (secondary N) is 1. The number of aromatic nitrogens is 3. The Bertz CT molecular complexity index is 1630. The van der Waals surface area contributed by atoms with E-state index in [1.807, 2.05) is 43.3 Å². The first-order valence-corrected chi connectivity index (χ1v) is 14.9. The summed E-state index contributed by atoms with van der Waals surface area (Å²) in [4.78, 5) is 56.8. The number of pyridine rings is 1. The lowest BCUT2D eigenvalue weighted by atomic mass is 10.1. The molecule has 0 spiro atoms. The van der Waals surface area contributed by atoms with Crippen molar-refractivity contribution in [1.29, 1.82) is 0 Å². The van der Waals surface area contributed by atoms with Gasteiger partial charge in [0.1, 0.15) is 23.4 Å². The maximum Gasteiger partial charge on any atom is 0.320 e. The van der Waals surface area contributed by atoms with E-state index in [1.54, 1.807) is 31.5 Å². The van der Waals surface area contributed by atoms with E-state index >= 15 is 0 Å². The average Bonchev–Trinajstić information content (AvgIpc) is 3.56. The number of ether oxygens (including phenoxy) is 2. The van der Waals surface area contributed by atoms with E-state index in [1.165, 1.54) is 4.90 Å². The van der Waals surface area contributed by atoms with Crippen molar-refractivity contribution in [2.45, 2.75) is 56.7 Å². The van der Waals surface area contributed by atoms with Crippen LogP contribution in [0.25, 0.3) is 22.3 Å². The summed E-state index contributed by atoms with van der Waals surface area (Å²) in [5, 5.41) is 3.60. The average molecular weight is 600 g/mol. The molecule has 4 heterocycles. The molecule has 1 saturated heterocycles. The van der Waals surface area contributed by atoms with Crippen molar-refractivity contribution in [2.24, 2.45) is 11.7 Å². The van der Waals surface area contributed by atoms with Crippen LogP contribution in [0.4, 0.5) is 4.79 Å². The molecule has 3 aliphatic rings. The topological polar surface area (TPSA) is 153 Å². The third kappa shape index (κ3) is 5.40. The number of carbonyl (C=O) groups excluding carboxylic acids is 3. The highest BCUT2D eigenvalue weighted by Crippen LogP contribution is 2.45. The van der Waals surface area contributed by atoms with Gasteiger partial charge in [0.15, 0.2) is 5.82 Å². The van der Waals surface area contributed by atoms with Crippen LogP contribution in [0.15, 0.2) is 48.8 Å². The van der Waals surface area contributed by atoms with Crippen molar-refractivity contribution in [1.82, 2.24) is 30.1 Å². The zero-order valence-corrected chi connectivity index (χ0v) is 25.2. The minimum absolute atomic E-state index is 0.161. The van der Waals surface area contributed by atoms with Crippen molar-refractivity contribution in [2.75, 3.05) is 27.2 Å². The summed E-state index contributed by atoms with van der Waals surface area (Å²) in [7, 11) is 3.35. The van der Waals surface area contributed by atoms with Gasteiger partial charge in [0.2, 0.25) is 17.7 Å². The van der Waals surface area contributed by atoms with Crippen molar-refractivity contribution in [3.63, 3.8) is 0 Å². The van der Waals surface area contributed by atoms with E-state index in [0.29, 0.717) is 41.3 Å². The van der Waals surface area contributed by atoms with E-state index in [4.69, 9.17) is 25.2 Å². The van der Waals surface area contributed by atoms with Crippen molar-refractivity contribution in [3.05, 3.63) is 54.4 Å². The van der Waals surface area contributed by atoms with Crippen LogP contribution < -0.4 is 20.5 Å². The lowest BCUT2D eigenvalue weighted by Crippen LogP contribution is -2.56. The Morgan fingerprint density at radius 1 is 1.14 bits per heavy atom. The number of carbonyl (C=O) groups is 3. The standard InChI is InChI=1S/C32H37N7O5/c1-19-25(43-3)10-9-23-26(19)35-27(20-11-13-34-14-12-20)36-29(23)44-22-16-24-28(40)37-32(30(33)41)17-21(32)8-6-4-5-7-15-38(2)31(42)39(24)18-22/h6,8-14,21-22,24H,4-5,7,15-18H2,1-3H3,(H2,33,41)(H,37,40). The molecule has 0 radical (unpaired) electrons. The number of allylic oxidation sites excluding steroid dienone is 1. The van der Waals surface area contributed by atoms with E-state index in [9.17, 15) is 14.4 Å². The maximum absolute atomic E-state index is 13.8. The summed E-state index contributed by atoms with van der Waals surface area (Å²) in [6.07, 6.45) is 9.99. The highest BCUT2D eigenvalue weighted by Gasteiger charge is 2.60. The zero-order valence-electron chi connectivity index (χ0n) is 25.2. The summed E-state index contributed by atoms with van der Waals surface area (Å²) in [6.45, 7) is 2.65. The maximum atomic E-state index is 13.8. The second-order valence-corrected chi connectivity index (χ2v) is 11.8. The SMILES string of the molecule is COc1ccc2c(OC3CC4C(=O)NC5(C(N)=O)CC5C=CCCCCN(C)C(=O)N4C3)nc(-c3ccncc3)nc2c1C. The molecule has 2 aromatic heterocycles. The van der Waals surface area contributed by atoms with Crippen molar-refractivity contribution < 1.29 is 23.9 Å². The predicted molar refractivity (Wildman–Crippen MR) is 163 cm³/mol. The molecule has 4 amide bonds. The van der Waals surface area contributed by atoms with Crippen LogP contribution >= 0.6 is 0 Å². The summed E-state index contributed by atoms with van der Waals surface area (Å²) in [5.74, 6) is 0.317. The zero-order chi connectivity index (χ0) is 31.0. The van der Waals surface area contributed by atoms with Crippen molar-refractivity contribution in [3.8, 4) is 23.0 Å². The minimum Gasteiger partial charge on any atom is -0.496 e. The van der Waals surface area contributed by atoms with Gasteiger partial charge in [-0.3, -0.25) is 14.6 Å². The number of urea groups is 1. The molecule has 12 heteroatoms. The number of amides is 4.